The van der Waals surface area contributed by atoms with E-state index in [4.69, 9.17) is 9.97 Å². The average molecular weight is 424 g/mol. The normalized spacial score (nSPS) is 19.4. The van der Waals surface area contributed by atoms with Gasteiger partial charge in [-0.2, -0.15) is 0 Å². The number of hydrogen-bond acceptors (Lipinski definition) is 7. The van der Waals surface area contributed by atoms with Crippen LogP contribution in [0.4, 0.5) is 5.82 Å². The lowest BCUT2D eigenvalue weighted by atomic mass is 10.0. The largest absolute Gasteiger partial charge is 0.369 e. The molecule has 2 aromatic rings. The second kappa shape index (κ2) is 7.85. The molecule has 2 fully saturated rings. The fourth-order valence-electron chi connectivity index (χ4n) is 3.94. The molecule has 0 unspecified atom stereocenters. The van der Waals surface area contributed by atoms with E-state index in [1.807, 2.05) is 0 Å². The van der Waals surface area contributed by atoms with Gasteiger partial charge in [0.1, 0.15) is 16.5 Å². The molecular formula is C19H29N5O2S2. The molecule has 154 valence electrons. The van der Waals surface area contributed by atoms with Crippen LogP contribution >= 0.6 is 11.3 Å². The number of likely N-dealkylation sites (tertiary alicyclic amines) is 1. The van der Waals surface area contributed by atoms with Crippen LogP contribution in [0.15, 0.2) is 0 Å². The highest BCUT2D eigenvalue weighted by Gasteiger charge is 2.34. The Hall–Kier alpha value is -1.29. The van der Waals surface area contributed by atoms with Gasteiger partial charge < -0.3 is 5.32 Å². The Morgan fingerprint density at radius 1 is 1.18 bits per heavy atom. The molecular weight excluding hydrogens is 394 g/mol. The summed E-state index contributed by atoms with van der Waals surface area (Å²) >= 11 is 1.73. The summed E-state index contributed by atoms with van der Waals surface area (Å²) in [5, 5.41) is 4.63. The molecule has 0 spiro atoms. The van der Waals surface area contributed by atoms with Gasteiger partial charge >= 0.3 is 0 Å². The van der Waals surface area contributed by atoms with Crippen LogP contribution in [0.2, 0.25) is 0 Å². The summed E-state index contributed by atoms with van der Waals surface area (Å²) in [4.78, 5) is 14.4. The van der Waals surface area contributed by atoms with Gasteiger partial charge in [0.2, 0.25) is 10.0 Å². The van der Waals surface area contributed by atoms with Crippen molar-refractivity contribution in [2.75, 3.05) is 43.8 Å². The Balaban J connectivity index is 1.50. The third kappa shape index (κ3) is 3.90. The lowest BCUT2D eigenvalue weighted by Gasteiger charge is -2.38. The molecule has 0 aromatic carbocycles. The highest BCUT2D eigenvalue weighted by Crippen LogP contribution is 2.34. The van der Waals surface area contributed by atoms with Crippen molar-refractivity contribution in [3.8, 4) is 0 Å². The van der Waals surface area contributed by atoms with Crippen molar-refractivity contribution in [3.63, 3.8) is 0 Å². The van der Waals surface area contributed by atoms with E-state index in [-0.39, 0.29) is 5.75 Å². The number of hydrogen-bond donors (Lipinski definition) is 1. The Bertz CT molecular complexity index is 960. The molecule has 2 aliphatic heterocycles. The minimum absolute atomic E-state index is 0.174. The number of anilines is 1. The Kier molecular flexibility index (Phi) is 5.61. The average Bonchev–Trinajstić information content (AvgIpc) is 3.21. The fourth-order valence-corrected chi connectivity index (χ4v) is 6.22. The number of thiophene rings is 1. The van der Waals surface area contributed by atoms with Gasteiger partial charge in [0, 0.05) is 30.4 Å². The zero-order valence-electron chi connectivity index (χ0n) is 16.9. The van der Waals surface area contributed by atoms with Gasteiger partial charge in [-0.25, -0.2) is 22.7 Å². The maximum absolute atomic E-state index is 11.9. The molecule has 2 saturated heterocycles. The summed E-state index contributed by atoms with van der Waals surface area (Å²) < 4.78 is 25.4. The number of fused-ring (bicyclic) bond motifs is 1. The second-order valence-corrected chi connectivity index (χ2v) is 11.4. The van der Waals surface area contributed by atoms with Crippen molar-refractivity contribution in [1.29, 1.82) is 0 Å². The van der Waals surface area contributed by atoms with Gasteiger partial charge in [0.25, 0.3) is 0 Å². The first kappa shape index (κ1) is 20.0. The summed E-state index contributed by atoms with van der Waals surface area (Å²) in [7, 11) is -3.06. The van der Waals surface area contributed by atoms with Crippen molar-refractivity contribution in [1.82, 2.24) is 19.2 Å². The van der Waals surface area contributed by atoms with E-state index < -0.39 is 10.0 Å². The number of sulfonamides is 1. The maximum Gasteiger partial charge on any atom is 0.213 e. The first-order valence-electron chi connectivity index (χ1n) is 10.1. The molecule has 9 heteroatoms. The molecule has 7 nitrogen and oxygen atoms in total. The van der Waals surface area contributed by atoms with Crippen molar-refractivity contribution in [2.45, 2.75) is 40.2 Å². The van der Waals surface area contributed by atoms with Crippen LogP contribution in [0.25, 0.3) is 10.2 Å². The molecule has 0 saturated carbocycles. The predicted molar refractivity (Wildman–Crippen MR) is 114 cm³/mol. The van der Waals surface area contributed by atoms with E-state index in [2.05, 4.69) is 24.1 Å². The first-order valence-corrected chi connectivity index (χ1v) is 12.5. The molecule has 0 amide bonds. The molecule has 0 aliphatic carbocycles. The zero-order chi connectivity index (χ0) is 19.9. The topological polar surface area (TPSA) is 78.4 Å². The van der Waals surface area contributed by atoms with Gasteiger partial charge in [-0.05, 0) is 52.3 Å². The second-order valence-electron chi connectivity index (χ2n) is 7.90. The van der Waals surface area contributed by atoms with E-state index in [9.17, 15) is 8.42 Å². The maximum atomic E-state index is 11.9. The summed E-state index contributed by atoms with van der Waals surface area (Å²) in [5.74, 6) is 2.28. The van der Waals surface area contributed by atoms with E-state index in [1.165, 1.54) is 23.3 Å². The Morgan fingerprint density at radius 2 is 1.89 bits per heavy atom. The standard InChI is InChI=1S/C19H29N5O2S2/c1-4-28(25,26)24-10-15(11-24)9-20-18-17-13(2)14(3)27-19(17)22-16(21-18)12-23-7-5-6-8-23/h15H,4-12H2,1-3H3,(H,20,21,22). The van der Waals surface area contributed by atoms with E-state index >= 15 is 0 Å². The van der Waals surface area contributed by atoms with E-state index in [0.29, 0.717) is 19.0 Å². The van der Waals surface area contributed by atoms with Gasteiger partial charge in [-0.3, -0.25) is 4.90 Å². The SMILES string of the molecule is CCS(=O)(=O)N1CC(CNc2nc(CN3CCCC3)nc3sc(C)c(C)c23)C1. The van der Waals surface area contributed by atoms with Crippen molar-refractivity contribution >= 4 is 37.4 Å². The Labute approximate surface area is 171 Å². The summed E-state index contributed by atoms with van der Waals surface area (Å²) in [5.41, 5.74) is 1.24. The number of aromatic nitrogens is 2. The molecule has 2 aromatic heterocycles. The van der Waals surface area contributed by atoms with Crippen LogP contribution in [0, 0.1) is 19.8 Å². The Morgan fingerprint density at radius 3 is 2.57 bits per heavy atom. The quantitative estimate of drug-likeness (QED) is 0.738. The zero-order valence-corrected chi connectivity index (χ0v) is 18.5. The van der Waals surface area contributed by atoms with Crippen molar-refractivity contribution in [2.24, 2.45) is 5.92 Å². The van der Waals surface area contributed by atoms with E-state index in [0.717, 1.165) is 48.0 Å². The number of rotatable bonds is 7. The highest BCUT2D eigenvalue weighted by molar-refractivity contribution is 7.89. The van der Waals surface area contributed by atoms with Crippen LogP contribution < -0.4 is 5.32 Å². The summed E-state index contributed by atoms with van der Waals surface area (Å²) in [6, 6.07) is 0. The lowest BCUT2D eigenvalue weighted by molar-refractivity contribution is 0.212. The number of nitrogens with zero attached hydrogens (tertiary/aromatic N) is 4. The lowest BCUT2D eigenvalue weighted by Crippen LogP contribution is -2.52. The van der Waals surface area contributed by atoms with Crippen LogP contribution in [0.1, 0.15) is 36.0 Å². The van der Waals surface area contributed by atoms with Gasteiger partial charge in [-0.15, -0.1) is 11.3 Å². The summed E-state index contributed by atoms with van der Waals surface area (Å²) in [6.07, 6.45) is 2.51. The molecule has 0 atom stereocenters. The minimum Gasteiger partial charge on any atom is -0.369 e. The molecule has 1 N–H and O–H groups in total. The molecule has 0 radical (unpaired) electrons. The van der Waals surface area contributed by atoms with Crippen LogP contribution in [0.3, 0.4) is 0 Å². The van der Waals surface area contributed by atoms with Gasteiger partial charge in [0.15, 0.2) is 0 Å². The monoisotopic (exact) mass is 423 g/mol. The third-order valence-corrected chi connectivity index (χ3v) is 8.79. The van der Waals surface area contributed by atoms with Crippen molar-refractivity contribution < 1.29 is 8.42 Å². The molecule has 4 rings (SSSR count). The number of nitrogens with one attached hydrogen (secondary N) is 1. The third-order valence-electron chi connectivity index (χ3n) is 5.88. The van der Waals surface area contributed by atoms with Crippen molar-refractivity contribution in [3.05, 3.63) is 16.3 Å². The summed E-state index contributed by atoms with van der Waals surface area (Å²) in [6.45, 7) is 10.9. The van der Waals surface area contributed by atoms with Crippen LogP contribution in [-0.2, 0) is 16.6 Å². The number of aryl methyl sites for hydroxylation is 2. The van der Waals surface area contributed by atoms with Crippen LogP contribution in [-0.4, -0.2) is 66.1 Å². The van der Waals surface area contributed by atoms with Gasteiger partial charge in [-0.1, -0.05) is 0 Å². The predicted octanol–water partition coefficient (Wildman–Crippen LogP) is 2.60. The highest BCUT2D eigenvalue weighted by atomic mass is 32.2. The molecule has 2 aliphatic rings. The first-order chi connectivity index (χ1) is 13.4. The minimum atomic E-state index is -3.06. The molecule has 4 heterocycles. The molecule has 28 heavy (non-hydrogen) atoms. The van der Waals surface area contributed by atoms with Gasteiger partial charge in [0.05, 0.1) is 17.7 Å². The smallest absolute Gasteiger partial charge is 0.213 e. The molecule has 0 bridgehead atoms. The fraction of sp³-hybridized carbons (Fsp3) is 0.684. The van der Waals surface area contributed by atoms with E-state index in [1.54, 1.807) is 22.6 Å². The van der Waals surface area contributed by atoms with Crippen LogP contribution in [0.5, 0.6) is 0 Å².